The van der Waals surface area contributed by atoms with Gasteiger partial charge in [-0.2, -0.15) is 17.4 Å². The Kier molecular flexibility index (Phi) is 4.84. The fourth-order valence-corrected chi connectivity index (χ4v) is 4.92. The Labute approximate surface area is 125 Å². The Balaban J connectivity index is 1.99. The molecule has 0 bridgehead atoms. The maximum Gasteiger partial charge on any atom is 0.279 e. The number of hydrogen-bond donors (Lipinski definition) is 1. The van der Waals surface area contributed by atoms with E-state index < -0.39 is 10.2 Å². The van der Waals surface area contributed by atoms with Crippen LogP contribution in [0, 0.1) is 13.8 Å². The van der Waals surface area contributed by atoms with Gasteiger partial charge in [-0.3, -0.25) is 0 Å². The van der Waals surface area contributed by atoms with Crippen LogP contribution in [0.15, 0.2) is 0 Å². The largest absolute Gasteiger partial charge is 0.279 e. The molecule has 5 nitrogen and oxygen atoms in total. The molecule has 0 radical (unpaired) electrons. The van der Waals surface area contributed by atoms with Gasteiger partial charge in [0.1, 0.15) is 0 Å². The third-order valence-corrected chi connectivity index (χ3v) is 6.62. The van der Waals surface area contributed by atoms with E-state index in [9.17, 15) is 8.42 Å². The van der Waals surface area contributed by atoms with E-state index in [0.29, 0.717) is 19.0 Å². The molecule has 1 aliphatic heterocycles. The summed E-state index contributed by atoms with van der Waals surface area (Å²) in [6.07, 6.45) is 1.71. The maximum absolute atomic E-state index is 12.1. The monoisotopic (exact) mass is 317 g/mol. The molecular weight excluding hydrogens is 294 g/mol. The zero-order valence-electron chi connectivity index (χ0n) is 12.5. The Morgan fingerprint density at radius 3 is 2.35 bits per heavy atom. The second-order valence-electron chi connectivity index (χ2n) is 5.64. The second-order valence-corrected chi connectivity index (χ2v) is 8.58. The first-order valence-electron chi connectivity index (χ1n) is 7.01. The molecule has 2 rings (SSSR count). The normalized spacial score (nSPS) is 18.9. The topological polar surface area (TPSA) is 62.3 Å². The highest BCUT2D eigenvalue weighted by atomic mass is 32.2. The lowest BCUT2D eigenvalue weighted by molar-refractivity contribution is 0.314. The number of aromatic nitrogens is 1. The van der Waals surface area contributed by atoms with Crippen LogP contribution in [0.3, 0.4) is 0 Å². The predicted octanol–water partition coefficient (Wildman–Crippen LogP) is 2.18. The van der Waals surface area contributed by atoms with Gasteiger partial charge >= 0.3 is 0 Å². The van der Waals surface area contributed by atoms with Crippen LogP contribution in [0.2, 0.25) is 0 Å². The Morgan fingerprint density at radius 2 is 1.90 bits per heavy atom. The Bertz CT molecular complexity index is 539. The minimum Gasteiger partial charge on any atom is -0.246 e. The maximum atomic E-state index is 12.1. The number of nitrogens with one attached hydrogen (secondary N) is 1. The van der Waals surface area contributed by atoms with Crippen molar-refractivity contribution in [1.82, 2.24) is 14.0 Å². The molecule has 0 unspecified atom stereocenters. The van der Waals surface area contributed by atoms with Gasteiger partial charge in [0, 0.05) is 29.9 Å². The molecule has 7 heteroatoms. The summed E-state index contributed by atoms with van der Waals surface area (Å²) in [6, 6.07) is -0.0676. The summed E-state index contributed by atoms with van der Waals surface area (Å²) in [4.78, 5) is 5.87. The van der Waals surface area contributed by atoms with Gasteiger partial charge in [0.2, 0.25) is 0 Å². The van der Waals surface area contributed by atoms with Crippen LogP contribution in [-0.2, 0) is 10.2 Å². The first-order chi connectivity index (χ1) is 9.29. The zero-order valence-corrected chi connectivity index (χ0v) is 14.1. The molecule has 0 spiro atoms. The summed E-state index contributed by atoms with van der Waals surface area (Å²) >= 11 is 1.75. The number of aryl methyl sites for hydroxylation is 2. The van der Waals surface area contributed by atoms with E-state index in [-0.39, 0.29) is 6.04 Å². The van der Waals surface area contributed by atoms with Crippen molar-refractivity contribution in [1.29, 1.82) is 0 Å². The molecule has 1 N–H and O–H groups in total. The van der Waals surface area contributed by atoms with Gasteiger partial charge in [0.05, 0.1) is 10.7 Å². The molecule has 0 aliphatic carbocycles. The number of hydrogen-bond acceptors (Lipinski definition) is 4. The zero-order chi connectivity index (χ0) is 14.9. The summed E-state index contributed by atoms with van der Waals surface area (Å²) in [7, 11) is -3.32. The summed E-state index contributed by atoms with van der Waals surface area (Å²) in [5, 5.41) is 1.16. The van der Waals surface area contributed by atoms with Gasteiger partial charge in [0.25, 0.3) is 10.2 Å². The van der Waals surface area contributed by atoms with Crippen LogP contribution in [0.1, 0.15) is 48.2 Å². The van der Waals surface area contributed by atoms with Crippen molar-refractivity contribution in [2.75, 3.05) is 13.1 Å². The minimum atomic E-state index is -3.32. The Morgan fingerprint density at radius 1 is 1.30 bits per heavy atom. The van der Waals surface area contributed by atoms with Crippen molar-refractivity contribution >= 4 is 21.5 Å². The van der Waals surface area contributed by atoms with Gasteiger partial charge in [-0.1, -0.05) is 0 Å². The Hall–Kier alpha value is -0.500. The number of nitrogens with zero attached hydrogens (tertiary/aromatic N) is 2. The second kappa shape index (κ2) is 6.09. The lowest BCUT2D eigenvalue weighted by atomic mass is 9.99. The van der Waals surface area contributed by atoms with Crippen molar-refractivity contribution in [2.45, 2.75) is 52.5 Å². The van der Waals surface area contributed by atoms with Crippen LogP contribution in [0.4, 0.5) is 0 Å². The van der Waals surface area contributed by atoms with E-state index in [1.807, 2.05) is 20.8 Å². The van der Waals surface area contributed by atoms with Crippen molar-refractivity contribution in [2.24, 2.45) is 0 Å². The summed E-state index contributed by atoms with van der Waals surface area (Å²) < 4.78 is 28.4. The van der Waals surface area contributed by atoms with E-state index in [0.717, 1.165) is 23.5 Å². The van der Waals surface area contributed by atoms with Crippen LogP contribution in [0.25, 0.3) is 0 Å². The molecule has 0 aromatic carbocycles. The molecular formula is C13H23N3O2S2. The number of rotatable bonds is 4. The number of piperidine rings is 1. The predicted molar refractivity (Wildman–Crippen MR) is 82.3 cm³/mol. The third kappa shape index (κ3) is 3.58. The van der Waals surface area contributed by atoms with Gasteiger partial charge < -0.3 is 0 Å². The van der Waals surface area contributed by atoms with Crippen LogP contribution >= 0.6 is 11.3 Å². The highest BCUT2D eigenvalue weighted by molar-refractivity contribution is 7.87. The van der Waals surface area contributed by atoms with Gasteiger partial charge in [0.15, 0.2) is 0 Å². The first kappa shape index (κ1) is 15.9. The van der Waals surface area contributed by atoms with E-state index in [1.165, 1.54) is 4.88 Å². The average Bonchev–Trinajstić information content (AvgIpc) is 2.68. The van der Waals surface area contributed by atoms with Crippen LogP contribution in [-0.4, -0.2) is 36.8 Å². The van der Waals surface area contributed by atoms with Crippen molar-refractivity contribution in [3.63, 3.8) is 0 Å². The smallest absolute Gasteiger partial charge is 0.246 e. The fraction of sp³-hybridized carbons (Fsp3) is 0.769. The molecule has 1 aromatic rings. The highest BCUT2D eigenvalue weighted by Gasteiger charge is 2.30. The summed E-state index contributed by atoms with van der Waals surface area (Å²) in [5.74, 6) is 0.401. The van der Waals surface area contributed by atoms with Crippen molar-refractivity contribution in [3.05, 3.63) is 15.6 Å². The lowest BCUT2D eigenvalue weighted by Gasteiger charge is -2.30. The standard InChI is InChI=1S/C13H23N3O2S2/c1-9(2)15-20(17,18)16-7-5-12(6-8-16)13-14-10(3)11(4)19-13/h9,12,15H,5-8H2,1-4H3. The van der Waals surface area contributed by atoms with Gasteiger partial charge in [-0.25, -0.2) is 4.98 Å². The van der Waals surface area contributed by atoms with E-state index in [4.69, 9.17) is 0 Å². The highest BCUT2D eigenvalue weighted by Crippen LogP contribution is 2.32. The van der Waals surface area contributed by atoms with Crippen LogP contribution in [0.5, 0.6) is 0 Å². The molecule has 0 saturated carbocycles. The SMILES string of the molecule is Cc1nc(C2CCN(S(=O)(=O)NC(C)C)CC2)sc1C. The lowest BCUT2D eigenvalue weighted by Crippen LogP contribution is -2.46. The third-order valence-electron chi connectivity index (χ3n) is 3.57. The van der Waals surface area contributed by atoms with Crippen molar-refractivity contribution in [3.8, 4) is 0 Å². The minimum absolute atomic E-state index is 0.0676. The first-order valence-corrected chi connectivity index (χ1v) is 9.26. The van der Waals surface area contributed by atoms with E-state index >= 15 is 0 Å². The van der Waals surface area contributed by atoms with Gasteiger partial charge in [-0.05, 0) is 40.5 Å². The molecule has 2 heterocycles. The molecule has 1 fully saturated rings. The summed E-state index contributed by atoms with van der Waals surface area (Å²) in [6.45, 7) is 8.94. The molecule has 1 aromatic heterocycles. The molecule has 114 valence electrons. The summed E-state index contributed by atoms with van der Waals surface area (Å²) in [5.41, 5.74) is 1.10. The fourth-order valence-electron chi connectivity index (χ4n) is 2.39. The van der Waals surface area contributed by atoms with E-state index in [1.54, 1.807) is 15.6 Å². The molecule has 1 saturated heterocycles. The van der Waals surface area contributed by atoms with E-state index in [2.05, 4.69) is 16.6 Å². The molecule has 0 atom stereocenters. The van der Waals surface area contributed by atoms with Gasteiger partial charge in [-0.15, -0.1) is 11.3 Å². The molecule has 20 heavy (non-hydrogen) atoms. The molecule has 1 aliphatic rings. The molecule has 0 amide bonds. The number of thiazole rings is 1. The van der Waals surface area contributed by atoms with Crippen molar-refractivity contribution < 1.29 is 8.42 Å². The average molecular weight is 317 g/mol. The van der Waals surface area contributed by atoms with Crippen LogP contribution < -0.4 is 4.72 Å². The quantitative estimate of drug-likeness (QED) is 0.926.